The van der Waals surface area contributed by atoms with E-state index in [9.17, 15) is 0 Å². The van der Waals surface area contributed by atoms with Crippen molar-refractivity contribution in [2.45, 2.75) is 26.2 Å². The number of nitrogens with one attached hydrogen (secondary N) is 3. The van der Waals surface area contributed by atoms with Crippen LogP contribution in [0.2, 0.25) is 0 Å². The third-order valence-electron chi connectivity index (χ3n) is 6.26. The fourth-order valence-corrected chi connectivity index (χ4v) is 4.42. The van der Waals surface area contributed by atoms with Crippen molar-refractivity contribution < 1.29 is 18.6 Å². The number of aryl methyl sites for hydroxylation is 1. The van der Waals surface area contributed by atoms with Gasteiger partial charge in [-0.1, -0.05) is 0 Å². The summed E-state index contributed by atoms with van der Waals surface area (Å²) in [5, 5.41) is 8.57. The summed E-state index contributed by atoms with van der Waals surface area (Å²) < 4.78 is 22.9. The number of nitrogens with zero attached hydrogens (tertiary/aromatic N) is 3. The van der Waals surface area contributed by atoms with Crippen molar-refractivity contribution in [3.63, 3.8) is 0 Å². The maximum atomic E-state index is 7.70. The molecule has 10 nitrogen and oxygen atoms in total. The number of benzene rings is 1. The maximum absolute atomic E-state index is 7.70. The molecule has 4 heterocycles. The Morgan fingerprint density at radius 2 is 2.09 bits per heavy atom. The number of methoxy groups -OCH3 is 2. The van der Waals surface area contributed by atoms with Crippen LogP contribution in [0.4, 0.5) is 5.95 Å². The van der Waals surface area contributed by atoms with Gasteiger partial charge in [-0.3, -0.25) is 5.41 Å². The third-order valence-corrected chi connectivity index (χ3v) is 6.26. The number of ether oxygens (including phenoxy) is 3. The first-order valence-electron chi connectivity index (χ1n) is 11.7. The average molecular weight is 479 g/mol. The van der Waals surface area contributed by atoms with E-state index >= 15 is 0 Å². The van der Waals surface area contributed by atoms with Gasteiger partial charge in [0.2, 0.25) is 5.95 Å². The number of piperidine rings is 1. The molecule has 0 amide bonds. The summed E-state index contributed by atoms with van der Waals surface area (Å²) >= 11 is 0. The topological polar surface area (TPSA) is 125 Å². The summed E-state index contributed by atoms with van der Waals surface area (Å²) in [7, 11) is 3.11. The molecule has 1 aliphatic rings. The first kappa shape index (κ1) is 22.8. The Hall–Kier alpha value is -3.95. The molecule has 4 aromatic rings. The van der Waals surface area contributed by atoms with E-state index in [0.29, 0.717) is 35.4 Å². The molecule has 1 unspecified atom stereocenters. The molecule has 184 valence electrons. The summed E-state index contributed by atoms with van der Waals surface area (Å²) in [5.41, 5.74) is 2.46. The van der Waals surface area contributed by atoms with E-state index < -0.39 is 0 Å². The molecule has 1 saturated heterocycles. The van der Waals surface area contributed by atoms with Gasteiger partial charge in [-0.25, -0.2) is 9.97 Å². The van der Waals surface area contributed by atoms with E-state index in [2.05, 4.69) is 24.8 Å². The van der Waals surface area contributed by atoms with Crippen LogP contribution >= 0.6 is 0 Å². The van der Waals surface area contributed by atoms with Gasteiger partial charge in [-0.2, -0.15) is 0 Å². The largest absolute Gasteiger partial charge is 0.496 e. The standard InChI is InChI=1S/C25H30N6O4/c1-15-11-28-25(29-15)31-6-4-5-16(13-31)14-34-20-7-17(32-2)8-21-18(20)9-22(35-21)19-12-27-24(30-19)10-23(26)33-3/h7-9,11-12,16,26H,4-6,10,13-14H2,1-3H3,(H,27,30)(H,28,29). The minimum atomic E-state index is 0.138. The first-order chi connectivity index (χ1) is 17.0. The normalized spacial score (nSPS) is 16.0. The van der Waals surface area contributed by atoms with Crippen molar-refractivity contribution in [1.82, 2.24) is 19.9 Å². The molecule has 0 aliphatic carbocycles. The summed E-state index contributed by atoms with van der Waals surface area (Å²) in [6.45, 7) is 4.49. The molecule has 0 saturated carbocycles. The highest BCUT2D eigenvalue weighted by Crippen LogP contribution is 2.37. The monoisotopic (exact) mass is 478 g/mol. The predicted molar refractivity (Wildman–Crippen MR) is 133 cm³/mol. The van der Waals surface area contributed by atoms with E-state index in [1.54, 1.807) is 13.3 Å². The van der Waals surface area contributed by atoms with Crippen LogP contribution in [0, 0.1) is 18.3 Å². The van der Waals surface area contributed by atoms with Crippen LogP contribution in [0.25, 0.3) is 22.4 Å². The van der Waals surface area contributed by atoms with E-state index in [1.807, 2.05) is 31.3 Å². The molecule has 10 heteroatoms. The Bertz CT molecular complexity index is 1320. The number of hydrogen-bond acceptors (Lipinski definition) is 8. The summed E-state index contributed by atoms with van der Waals surface area (Å²) in [6, 6.07) is 5.70. The SMILES string of the molecule is COC(=N)Cc1ncc(-c2cc3c(OCC4CCCN(c5ncc(C)[nH]5)C4)cc(OC)cc3o2)[nH]1. The smallest absolute Gasteiger partial charge is 0.202 e. The Morgan fingerprint density at radius 1 is 1.20 bits per heavy atom. The van der Waals surface area contributed by atoms with Gasteiger partial charge in [-0.05, 0) is 25.8 Å². The van der Waals surface area contributed by atoms with Crippen molar-refractivity contribution in [3.8, 4) is 23.0 Å². The average Bonchev–Trinajstić information content (AvgIpc) is 3.62. The minimum absolute atomic E-state index is 0.138. The fraction of sp³-hybridized carbons (Fsp3) is 0.400. The minimum Gasteiger partial charge on any atom is -0.496 e. The van der Waals surface area contributed by atoms with Crippen molar-refractivity contribution in [2.24, 2.45) is 5.92 Å². The van der Waals surface area contributed by atoms with Crippen molar-refractivity contribution in [3.05, 3.63) is 42.1 Å². The zero-order valence-electron chi connectivity index (χ0n) is 20.2. The highest BCUT2D eigenvalue weighted by atomic mass is 16.5. The highest BCUT2D eigenvalue weighted by Gasteiger charge is 2.23. The molecular formula is C25H30N6O4. The van der Waals surface area contributed by atoms with Crippen LogP contribution in [-0.4, -0.2) is 59.7 Å². The second kappa shape index (κ2) is 9.73. The lowest BCUT2D eigenvalue weighted by Crippen LogP contribution is -2.38. The number of imidazole rings is 2. The fourth-order valence-electron chi connectivity index (χ4n) is 4.42. The number of aromatic nitrogens is 4. The Morgan fingerprint density at radius 3 is 2.86 bits per heavy atom. The van der Waals surface area contributed by atoms with Crippen LogP contribution in [0.1, 0.15) is 24.4 Å². The van der Waals surface area contributed by atoms with Crippen LogP contribution in [-0.2, 0) is 11.2 Å². The molecule has 0 radical (unpaired) electrons. The molecule has 1 fully saturated rings. The lowest BCUT2D eigenvalue weighted by atomic mass is 9.99. The molecule has 0 spiro atoms. The highest BCUT2D eigenvalue weighted by molar-refractivity contribution is 5.89. The first-order valence-corrected chi connectivity index (χ1v) is 11.7. The molecule has 3 aromatic heterocycles. The number of furan rings is 1. The van der Waals surface area contributed by atoms with Crippen molar-refractivity contribution in [1.29, 1.82) is 5.41 Å². The van der Waals surface area contributed by atoms with Gasteiger partial charge in [0.1, 0.15) is 28.6 Å². The van der Waals surface area contributed by atoms with Crippen LogP contribution < -0.4 is 14.4 Å². The molecule has 35 heavy (non-hydrogen) atoms. The van der Waals surface area contributed by atoms with E-state index in [4.69, 9.17) is 24.0 Å². The second-order valence-corrected chi connectivity index (χ2v) is 8.85. The summed E-state index contributed by atoms with van der Waals surface area (Å²) in [5.74, 6) is 4.11. The number of H-pyrrole nitrogens is 2. The number of hydrogen-bond donors (Lipinski definition) is 3. The maximum Gasteiger partial charge on any atom is 0.202 e. The van der Waals surface area contributed by atoms with E-state index in [-0.39, 0.29) is 12.3 Å². The zero-order chi connectivity index (χ0) is 24.4. The van der Waals surface area contributed by atoms with Crippen LogP contribution in [0.15, 0.2) is 35.0 Å². The molecule has 1 aromatic carbocycles. The van der Waals surface area contributed by atoms with Gasteiger partial charge in [-0.15, -0.1) is 0 Å². The van der Waals surface area contributed by atoms with E-state index in [0.717, 1.165) is 54.4 Å². The molecule has 3 N–H and O–H groups in total. The lowest BCUT2D eigenvalue weighted by molar-refractivity contribution is 0.229. The number of anilines is 1. The van der Waals surface area contributed by atoms with Crippen molar-refractivity contribution in [2.75, 3.05) is 38.8 Å². The van der Waals surface area contributed by atoms with Crippen molar-refractivity contribution >= 4 is 22.8 Å². The molecule has 1 aliphatic heterocycles. The molecule has 1 atom stereocenters. The van der Waals surface area contributed by atoms with Crippen LogP contribution in [0.5, 0.6) is 11.5 Å². The number of fused-ring (bicyclic) bond motifs is 1. The molecule has 0 bridgehead atoms. The quantitative estimate of drug-likeness (QED) is 0.254. The summed E-state index contributed by atoms with van der Waals surface area (Å²) in [6.07, 6.45) is 6.05. The third kappa shape index (κ3) is 4.96. The number of rotatable bonds is 8. The Kier molecular flexibility index (Phi) is 6.35. The Balaban J connectivity index is 1.34. The lowest BCUT2D eigenvalue weighted by Gasteiger charge is -2.32. The second-order valence-electron chi connectivity index (χ2n) is 8.85. The van der Waals surface area contributed by atoms with Gasteiger partial charge in [0.05, 0.1) is 38.8 Å². The van der Waals surface area contributed by atoms with Gasteiger partial charge in [0.25, 0.3) is 0 Å². The van der Waals surface area contributed by atoms with Crippen LogP contribution in [0.3, 0.4) is 0 Å². The predicted octanol–water partition coefficient (Wildman–Crippen LogP) is 4.32. The van der Waals surface area contributed by atoms with Gasteiger partial charge in [0, 0.05) is 43.0 Å². The van der Waals surface area contributed by atoms with E-state index in [1.165, 1.54) is 7.11 Å². The number of aromatic amines is 2. The zero-order valence-corrected chi connectivity index (χ0v) is 20.2. The molecular weight excluding hydrogens is 448 g/mol. The Labute approximate surface area is 203 Å². The summed E-state index contributed by atoms with van der Waals surface area (Å²) in [4.78, 5) is 17.6. The van der Waals surface area contributed by atoms with Gasteiger partial charge in [0.15, 0.2) is 11.7 Å². The van der Waals surface area contributed by atoms with Gasteiger partial charge < -0.3 is 33.5 Å². The van der Waals surface area contributed by atoms with Gasteiger partial charge >= 0.3 is 0 Å². The molecule has 5 rings (SSSR count).